The minimum atomic E-state index is -0.391. The Bertz CT molecular complexity index is 411. The van der Waals surface area contributed by atoms with E-state index in [9.17, 15) is 9.50 Å². The van der Waals surface area contributed by atoms with Gasteiger partial charge in [-0.05, 0) is 0 Å². The van der Waals surface area contributed by atoms with Gasteiger partial charge >= 0.3 is 93.2 Å². The molecule has 3 N–H and O–H groups in total. The van der Waals surface area contributed by atoms with Crippen LogP contribution in [0.5, 0.6) is 0 Å². The SMILES string of the molecule is O=BCN[C@H]1CNc2ccccc2NC1=O. The third-order valence-corrected chi connectivity index (χ3v) is 2.45. The van der Waals surface area contributed by atoms with Crippen LogP contribution in [0.25, 0.3) is 0 Å². The molecule has 1 aromatic carbocycles. The van der Waals surface area contributed by atoms with E-state index < -0.39 is 6.04 Å². The molecule has 1 heterocycles. The van der Waals surface area contributed by atoms with E-state index in [4.69, 9.17) is 0 Å². The number of benzene rings is 1. The summed E-state index contributed by atoms with van der Waals surface area (Å²) in [6.45, 7) is 0.469. The van der Waals surface area contributed by atoms with Crippen molar-refractivity contribution >= 4 is 24.4 Å². The third-order valence-electron chi connectivity index (χ3n) is 2.45. The van der Waals surface area contributed by atoms with Gasteiger partial charge in [-0.2, -0.15) is 0 Å². The number of carbonyl (C=O) groups excluding carboxylic acids is 1. The van der Waals surface area contributed by atoms with Gasteiger partial charge < -0.3 is 0 Å². The van der Waals surface area contributed by atoms with Gasteiger partial charge in [0.25, 0.3) is 0 Å². The van der Waals surface area contributed by atoms with Crippen molar-refractivity contribution in [1.82, 2.24) is 5.32 Å². The van der Waals surface area contributed by atoms with Crippen molar-refractivity contribution in [1.29, 1.82) is 0 Å². The van der Waals surface area contributed by atoms with E-state index in [0.29, 0.717) is 6.54 Å². The van der Waals surface area contributed by atoms with Crippen LogP contribution < -0.4 is 16.0 Å². The average Bonchev–Trinajstić information content (AvgIpc) is 2.45. The van der Waals surface area contributed by atoms with E-state index in [1.54, 1.807) is 0 Å². The van der Waals surface area contributed by atoms with Crippen LogP contribution in [0.3, 0.4) is 0 Å². The first-order valence-corrected chi connectivity index (χ1v) is 5.12. The zero-order valence-corrected chi connectivity index (χ0v) is 8.69. The van der Waals surface area contributed by atoms with Crippen molar-refractivity contribution in [2.75, 3.05) is 23.6 Å². The van der Waals surface area contributed by atoms with Crippen molar-refractivity contribution in [2.45, 2.75) is 6.04 Å². The molecule has 1 aromatic rings. The molecular weight excluding hydrogens is 205 g/mol. The van der Waals surface area contributed by atoms with E-state index in [2.05, 4.69) is 16.0 Å². The molecule has 0 aromatic heterocycles. The molecule has 1 aliphatic rings. The topological polar surface area (TPSA) is 70.2 Å². The van der Waals surface area contributed by atoms with Crippen molar-refractivity contribution in [3.8, 4) is 0 Å². The Hall–Kier alpha value is -1.69. The molecule has 0 radical (unpaired) electrons. The molecule has 1 aliphatic heterocycles. The first kappa shape index (κ1) is 10.8. The van der Waals surface area contributed by atoms with Crippen LogP contribution in [0, 0.1) is 0 Å². The van der Waals surface area contributed by atoms with Gasteiger partial charge in [-0.3, -0.25) is 0 Å². The number of amides is 1. The molecule has 5 nitrogen and oxygen atoms in total. The number of para-hydroxylation sites is 2. The third kappa shape index (κ3) is 2.28. The standard InChI is InChI=1S/C10H12BN3O2/c15-10-9(13-6-11-16)5-12-7-3-1-2-4-8(7)14-10/h1-4,9,12-13H,5-6H2,(H,14,15)/t9-/m0/s1. The van der Waals surface area contributed by atoms with Gasteiger partial charge in [-0.25, -0.2) is 0 Å². The molecule has 0 aliphatic carbocycles. The van der Waals surface area contributed by atoms with Gasteiger partial charge in [-0.1, -0.05) is 0 Å². The molecule has 2 rings (SSSR count). The summed E-state index contributed by atoms with van der Waals surface area (Å²) in [7, 11) is 0.741. The molecule has 0 spiro atoms. The molecule has 1 atom stereocenters. The van der Waals surface area contributed by atoms with Gasteiger partial charge in [0, 0.05) is 0 Å². The predicted octanol–water partition coefficient (Wildman–Crippen LogP) is 0.0160. The summed E-state index contributed by atoms with van der Waals surface area (Å²) in [6, 6.07) is 7.11. The zero-order chi connectivity index (χ0) is 11.4. The fourth-order valence-corrected chi connectivity index (χ4v) is 1.63. The minimum absolute atomic E-state index is 0.126. The summed E-state index contributed by atoms with van der Waals surface area (Å²) >= 11 is 0. The van der Waals surface area contributed by atoms with Crippen LogP contribution in [0.1, 0.15) is 0 Å². The number of fused-ring (bicyclic) bond motifs is 1. The van der Waals surface area contributed by atoms with Gasteiger partial charge in [0.1, 0.15) is 0 Å². The first-order valence-electron chi connectivity index (χ1n) is 5.12. The van der Waals surface area contributed by atoms with Crippen molar-refractivity contribution in [3.63, 3.8) is 0 Å². The molecule has 6 heteroatoms. The molecule has 0 unspecified atom stereocenters. The monoisotopic (exact) mass is 217 g/mol. The van der Waals surface area contributed by atoms with E-state index in [-0.39, 0.29) is 12.4 Å². The number of rotatable bonds is 3. The normalized spacial score (nSPS) is 18.8. The summed E-state index contributed by atoms with van der Waals surface area (Å²) < 4.78 is 10.2. The Morgan fingerprint density at radius 3 is 2.88 bits per heavy atom. The van der Waals surface area contributed by atoms with Crippen molar-refractivity contribution in [2.24, 2.45) is 0 Å². The summed E-state index contributed by atoms with van der Waals surface area (Å²) in [6.07, 6.45) is 0.177. The summed E-state index contributed by atoms with van der Waals surface area (Å²) in [5, 5.41) is 8.81. The maximum absolute atomic E-state index is 11.8. The van der Waals surface area contributed by atoms with Crippen LogP contribution >= 0.6 is 0 Å². The molecule has 0 saturated heterocycles. The summed E-state index contributed by atoms with van der Waals surface area (Å²) in [5.74, 6) is -0.126. The Morgan fingerprint density at radius 1 is 1.38 bits per heavy atom. The molecular formula is C10H12BN3O2. The Labute approximate surface area is 93.9 Å². The molecule has 0 saturated carbocycles. The number of nitrogens with one attached hydrogen (secondary N) is 3. The van der Waals surface area contributed by atoms with Crippen LogP contribution in [-0.2, 0) is 9.50 Å². The fraction of sp³-hybridized carbons (Fsp3) is 0.300. The average molecular weight is 217 g/mol. The van der Waals surface area contributed by atoms with Gasteiger partial charge in [0.15, 0.2) is 0 Å². The second-order valence-corrected chi connectivity index (χ2v) is 3.54. The van der Waals surface area contributed by atoms with E-state index in [1.165, 1.54) is 0 Å². The first-order chi connectivity index (χ1) is 7.81. The Balaban J connectivity index is 2.12. The molecule has 16 heavy (non-hydrogen) atoms. The summed E-state index contributed by atoms with van der Waals surface area (Å²) in [4.78, 5) is 11.8. The second-order valence-electron chi connectivity index (χ2n) is 3.54. The predicted molar refractivity (Wildman–Crippen MR) is 61.8 cm³/mol. The zero-order valence-electron chi connectivity index (χ0n) is 8.69. The van der Waals surface area contributed by atoms with Gasteiger partial charge in [-0.15, -0.1) is 0 Å². The maximum atomic E-state index is 11.8. The number of hydrogen-bond donors (Lipinski definition) is 3. The number of anilines is 2. The van der Waals surface area contributed by atoms with E-state index in [1.807, 2.05) is 24.3 Å². The Morgan fingerprint density at radius 2 is 2.12 bits per heavy atom. The van der Waals surface area contributed by atoms with E-state index >= 15 is 0 Å². The van der Waals surface area contributed by atoms with Crippen LogP contribution in [0.2, 0.25) is 0 Å². The van der Waals surface area contributed by atoms with Crippen molar-refractivity contribution < 1.29 is 9.50 Å². The molecule has 0 bridgehead atoms. The summed E-state index contributed by atoms with van der Waals surface area (Å²) in [5.41, 5.74) is 1.66. The quantitative estimate of drug-likeness (QED) is 0.624. The Kier molecular flexibility index (Phi) is 3.31. The molecule has 1 amide bonds. The van der Waals surface area contributed by atoms with Crippen LogP contribution in [0.4, 0.5) is 11.4 Å². The van der Waals surface area contributed by atoms with E-state index in [0.717, 1.165) is 18.5 Å². The molecule has 0 fully saturated rings. The van der Waals surface area contributed by atoms with Crippen molar-refractivity contribution in [3.05, 3.63) is 24.3 Å². The number of carbonyl (C=O) groups is 1. The van der Waals surface area contributed by atoms with Gasteiger partial charge in [0.2, 0.25) is 0 Å². The molecule has 82 valence electrons. The number of hydrogen-bond acceptors (Lipinski definition) is 4. The van der Waals surface area contributed by atoms with Crippen LogP contribution in [0.15, 0.2) is 24.3 Å². The fourth-order valence-electron chi connectivity index (χ4n) is 1.63. The van der Waals surface area contributed by atoms with Crippen LogP contribution in [-0.4, -0.2) is 32.1 Å². The second kappa shape index (κ2) is 4.89. The van der Waals surface area contributed by atoms with Gasteiger partial charge in [0.05, 0.1) is 0 Å².